The zero-order valence-electron chi connectivity index (χ0n) is 47.0. The Kier molecular flexibility index (Phi) is 39.7. The number of hydrogen-bond acceptors (Lipinski definition) is 4. The molecule has 0 fully saturated rings. The van der Waals surface area contributed by atoms with Crippen molar-refractivity contribution in [2.75, 3.05) is 26.4 Å². The number of unbranched alkanes of at least 4 members (excludes halogenated alkanes) is 40. The summed E-state index contributed by atoms with van der Waals surface area (Å²) in [5.41, 5.74) is 0. The SMILES string of the molecule is CCCCCCCCCCCCCOc1ccc2c(OCCCCCCCCCCCCC)c3ccccc3c(OCCCCCCCCCCCCC)c2c1OCCCCCCCCCCCCC. The topological polar surface area (TPSA) is 36.9 Å². The molecule has 0 aliphatic carbocycles. The standard InChI is InChI=1S/C66H114O4/c1-5-9-13-17-21-25-29-33-37-41-47-55-67-62-54-53-61-63(66(62)70-58-50-44-40-36-32-28-24-20-16-12-8-4)65(69-57-49-43-39-35-31-27-23-19-15-11-7-3)60-52-46-45-51-59(60)64(61)68-56-48-42-38-34-30-26-22-18-14-10-6-2/h45-46,51-54H,5-44,47-50,55-58H2,1-4H3. The van der Waals surface area contributed by atoms with Gasteiger partial charge in [-0.3, -0.25) is 0 Å². The first-order chi connectivity index (χ1) is 34.8. The zero-order chi connectivity index (χ0) is 49.6. The summed E-state index contributed by atoms with van der Waals surface area (Å²) in [7, 11) is 0. The minimum Gasteiger partial charge on any atom is -0.492 e. The van der Waals surface area contributed by atoms with E-state index in [9.17, 15) is 0 Å². The third-order valence-electron chi connectivity index (χ3n) is 15.0. The number of hydrogen-bond donors (Lipinski definition) is 0. The molecule has 0 spiro atoms. The number of fused-ring (bicyclic) bond motifs is 2. The second-order valence-electron chi connectivity index (χ2n) is 21.6. The molecule has 0 aromatic heterocycles. The van der Waals surface area contributed by atoms with E-state index in [2.05, 4.69) is 64.1 Å². The van der Waals surface area contributed by atoms with Crippen molar-refractivity contribution in [2.45, 2.75) is 310 Å². The Balaban J connectivity index is 1.76. The van der Waals surface area contributed by atoms with Gasteiger partial charge in [0.05, 0.1) is 31.8 Å². The summed E-state index contributed by atoms with van der Waals surface area (Å²) in [6, 6.07) is 13.2. The average Bonchev–Trinajstić information content (AvgIpc) is 3.38. The van der Waals surface area contributed by atoms with Crippen LogP contribution in [0.2, 0.25) is 0 Å². The quantitative estimate of drug-likeness (QED) is 0.0417. The van der Waals surface area contributed by atoms with Gasteiger partial charge in [0.15, 0.2) is 11.5 Å². The van der Waals surface area contributed by atoms with Gasteiger partial charge in [-0.05, 0) is 37.8 Å². The van der Waals surface area contributed by atoms with Crippen LogP contribution in [0.25, 0.3) is 21.5 Å². The molecule has 0 N–H and O–H groups in total. The molecule has 0 radical (unpaired) electrons. The molecule has 4 nitrogen and oxygen atoms in total. The van der Waals surface area contributed by atoms with E-state index in [1.54, 1.807) is 0 Å². The zero-order valence-corrected chi connectivity index (χ0v) is 47.0. The lowest BCUT2D eigenvalue weighted by molar-refractivity contribution is 0.259. The molecule has 0 bridgehead atoms. The maximum Gasteiger partial charge on any atom is 0.172 e. The van der Waals surface area contributed by atoms with Crippen LogP contribution in [-0.2, 0) is 0 Å². The molecule has 3 rings (SSSR count). The fourth-order valence-corrected chi connectivity index (χ4v) is 10.5. The Hall–Kier alpha value is -2.62. The number of ether oxygens (including phenoxy) is 4. The fourth-order valence-electron chi connectivity index (χ4n) is 10.5. The Labute approximate surface area is 434 Å². The van der Waals surface area contributed by atoms with Crippen molar-refractivity contribution in [2.24, 2.45) is 0 Å². The van der Waals surface area contributed by atoms with Crippen LogP contribution in [-0.4, -0.2) is 26.4 Å². The van der Waals surface area contributed by atoms with Crippen LogP contribution in [0.3, 0.4) is 0 Å². The highest BCUT2D eigenvalue weighted by Crippen LogP contribution is 2.50. The molecule has 3 aromatic rings. The second kappa shape index (κ2) is 45.0. The molecular formula is C66H114O4. The predicted octanol–water partition coefficient (Wildman–Crippen LogP) is 22.8. The second-order valence-corrected chi connectivity index (χ2v) is 21.6. The first kappa shape index (κ1) is 61.7. The van der Waals surface area contributed by atoms with E-state index >= 15 is 0 Å². The Morgan fingerprint density at radius 2 is 0.486 bits per heavy atom. The lowest BCUT2D eigenvalue weighted by Gasteiger charge is -2.22. The van der Waals surface area contributed by atoms with E-state index in [1.807, 2.05) is 0 Å². The lowest BCUT2D eigenvalue weighted by atomic mass is 9.99. The molecule has 0 atom stereocenters. The highest BCUT2D eigenvalue weighted by atomic mass is 16.5. The molecule has 0 saturated heterocycles. The van der Waals surface area contributed by atoms with Crippen molar-refractivity contribution in [3.05, 3.63) is 36.4 Å². The first-order valence-electron chi connectivity index (χ1n) is 31.3. The van der Waals surface area contributed by atoms with Gasteiger partial charge in [0, 0.05) is 16.2 Å². The lowest BCUT2D eigenvalue weighted by Crippen LogP contribution is -2.06. The molecule has 0 saturated carbocycles. The van der Waals surface area contributed by atoms with Gasteiger partial charge in [-0.2, -0.15) is 0 Å². The highest BCUT2D eigenvalue weighted by Gasteiger charge is 2.23. The summed E-state index contributed by atoms with van der Waals surface area (Å²) < 4.78 is 27.7. The van der Waals surface area contributed by atoms with Crippen LogP contribution in [0, 0.1) is 0 Å². The summed E-state index contributed by atoms with van der Waals surface area (Å²) in [6.07, 6.45) is 58.4. The predicted molar refractivity (Wildman–Crippen MR) is 309 cm³/mol. The van der Waals surface area contributed by atoms with Crippen LogP contribution >= 0.6 is 0 Å². The van der Waals surface area contributed by atoms with Crippen molar-refractivity contribution in [1.82, 2.24) is 0 Å². The van der Waals surface area contributed by atoms with E-state index in [0.717, 1.165) is 76.8 Å². The highest BCUT2D eigenvalue weighted by molar-refractivity contribution is 6.13. The van der Waals surface area contributed by atoms with Crippen molar-refractivity contribution in [3.8, 4) is 23.0 Å². The van der Waals surface area contributed by atoms with Crippen LogP contribution in [0.4, 0.5) is 0 Å². The van der Waals surface area contributed by atoms with Crippen molar-refractivity contribution < 1.29 is 18.9 Å². The van der Waals surface area contributed by atoms with Crippen molar-refractivity contribution >= 4 is 21.5 Å². The molecule has 70 heavy (non-hydrogen) atoms. The Morgan fingerprint density at radius 3 is 0.814 bits per heavy atom. The number of rotatable bonds is 52. The normalized spacial score (nSPS) is 11.6. The van der Waals surface area contributed by atoms with Crippen LogP contribution in [0.15, 0.2) is 36.4 Å². The van der Waals surface area contributed by atoms with Gasteiger partial charge in [0.1, 0.15) is 11.5 Å². The van der Waals surface area contributed by atoms with Gasteiger partial charge >= 0.3 is 0 Å². The molecule has 0 heterocycles. The van der Waals surface area contributed by atoms with Crippen molar-refractivity contribution in [3.63, 3.8) is 0 Å². The van der Waals surface area contributed by atoms with Gasteiger partial charge in [0.2, 0.25) is 0 Å². The maximum absolute atomic E-state index is 7.02. The molecule has 402 valence electrons. The van der Waals surface area contributed by atoms with E-state index in [0.29, 0.717) is 19.8 Å². The smallest absolute Gasteiger partial charge is 0.172 e. The van der Waals surface area contributed by atoms with Crippen LogP contribution in [0.1, 0.15) is 310 Å². The first-order valence-corrected chi connectivity index (χ1v) is 31.3. The third-order valence-corrected chi connectivity index (χ3v) is 15.0. The summed E-state index contributed by atoms with van der Waals surface area (Å²) in [4.78, 5) is 0. The van der Waals surface area contributed by atoms with Gasteiger partial charge in [-0.15, -0.1) is 0 Å². The summed E-state index contributed by atoms with van der Waals surface area (Å²) in [5, 5.41) is 4.38. The molecular weight excluding hydrogens is 857 g/mol. The van der Waals surface area contributed by atoms with Gasteiger partial charge in [-0.25, -0.2) is 0 Å². The third kappa shape index (κ3) is 28.6. The monoisotopic (exact) mass is 971 g/mol. The van der Waals surface area contributed by atoms with E-state index in [4.69, 9.17) is 18.9 Å². The van der Waals surface area contributed by atoms with E-state index < -0.39 is 0 Å². The summed E-state index contributed by atoms with van der Waals surface area (Å²) >= 11 is 0. The van der Waals surface area contributed by atoms with Crippen LogP contribution in [0.5, 0.6) is 23.0 Å². The molecule has 0 aliphatic rings. The van der Waals surface area contributed by atoms with E-state index in [-0.39, 0.29) is 0 Å². The summed E-state index contributed by atoms with van der Waals surface area (Å²) in [5.74, 6) is 3.62. The molecule has 0 amide bonds. The van der Waals surface area contributed by atoms with Gasteiger partial charge in [0.25, 0.3) is 0 Å². The minimum absolute atomic E-state index is 0.685. The molecule has 0 unspecified atom stereocenters. The van der Waals surface area contributed by atoms with Crippen LogP contribution < -0.4 is 18.9 Å². The van der Waals surface area contributed by atoms with Crippen molar-refractivity contribution in [1.29, 1.82) is 0 Å². The summed E-state index contributed by atoms with van der Waals surface area (Å²) in [6.45, 7) is 12.0. The Morgan fingerprint density at radius 1 is 0.229 bits per heavy atom. The minimum atomic E-state index is 0.685. The average molecular weight is 972 g/mol. The Bertz CT molecular complexity index is 1610. The molecule has 0 aliphatic heterocycles. The van der Waals surface area contributed by atoms with Gasteiger partial charge in [-0.1, -0.05) is 309 Å². The van der Waals surface area contributed by atoms with E-state index in [1.165, 1.54) is 257 Å². The van der Waals surface area contributed by atoms with Gasteiger partial charge < -0.3 is 18.9 Å². The fraction of sp³-hybridized carbons (Fsp3) is 0.788. The number of benzene rings is 3. The molecule has 3 aromatic carbocycles. The largest absolute Gasteiger partial charge is 0.492 e. The molecule has 4 heteroatoms. The maximum atomic E-state index is 7.02.